The Morgan fingerprint density at radius 3 is 2.56 bits per heavy atom. The fraction of sp³-hybridized carbons (Fsp3) is 0.483. The Morgan fingerprint density at radius 1 is 1.17 bits per heavy atom. The summed E-state index contributed by atoms with van der Waals surface area (Å²) in [4.78, 5) is 12.1. The van der Waals surface area contributed by atoms with Crippen LogP contribution < -0.4 is 5.32 Å². The van der Waals surface area contributed by atoms with Gasteiger partial charge in [0.05, 0.1) is 18.3 Å². The molecule has 6 nitrogen and oxygen atoms in total. The van der Waals surface area contributed by atoms with Gasteiger partial charge in [-0.2, -0.15) is 10.1 Å². The zero-order valence-electron chi connectivity index (χ0n) is 22.3. The van der Waals surface area contributed by atoms with E-state index in [1.165, 1.54) is 32.1 Å². The van der Waals surface area contributed by atoms with Crippen LogP contribution in [-0.2, 0) is 0 Å². The van der Waals surface area contributed by atoms with Crippen molar-refractivity contribution in [2.75, 3.05) is 11.9 Å². The average Bonchev–Trinajstić information content (AvgIpc) is 3.51. The van der Waals surface area contributed by atoms with Crippen LogP contribution in [0.1, 0.15) is 84.6 Å². The number of aromatic nitrogens is 5. The second-order valence-electron chi connectivity index (χ2n) is 9.13. The maximum absolute atomic E-state index is 14.2. The van der Waals surface area contributed by atoms with Gasteiger partial charge in [-0.3, -0.25) is 0 Å². The van der Waals surface area contributed by atoms with Gasteiger partial charge in [-0.15, -0.1) is 0 Å². The molecule has 4 aromatic rings. The van der Waals surface area contributed by atoms with Gasteiger partial charge in [0, 0.05) is 35.1 Å². The van der Waals surface area contributed by atoms with Crippen LogP contribution in [0, 0.1) is 0 Å². The van der Waals surface area contributed by atoms with E-state index < -0.39 is 5.67 Å². The Morgan fingerprint density at radius 2 is 1.92 bits per heavy atom. The first-order chi connectivity index (χ1) is 17.6. The van der Waals surface area contributed by atoms with Crippen molar-refractivity contribution in [2.24, 2.45) is 0 Å². The van der Waals surface area contributed by atoms with Crippen molar-refractivity contribution in [3.8, 4) is 11.1 Å². The minimum absolute atomic E-state index is 0.258. The highest BCUT2D eigenvalue weighted by atomic mass is 19.1. The highest BCUT2D eigenvalue weighted by Crippen LogP contribution is 2.35. The first-order valence-corrected chi connectivity index (χ1v) is 13.4. The third kappa shape index (κ3) is 6.50. The van der Waals surface area contributed by atoms with Crippen LogP contribution in [0.5, 0.6) is 0 Å². The second kappa shape index (κ2) is 13.2. The van der Waals surface area contributed by atoms with Gasteiger partial charge in [-0.25, -0.2) is 13.9 Å². The number of unbranched alkanes of at least 4 members (excludes halogenated alkanes) is 4. The summed E-state index contributed by atoms with van der Waals surface area (Å²) < 4.78 is 16.0. The number of nitrogens with one attached hydrogen (secondary N) is 2. The summed E-state index contributed by atoms with van der Waals surface area (Å²) >= 11 is 0. The molecule has 0 unspecified atom stereocenters. The fourth-order valence-electron chi connectivity index (χ4n) is 4.21. The molecule has 0 atom stereocenters. The van der Waals surface area contributed by atoms with Crippen LogP contribution in [0.25, 0.3) is 33.8 Å². The van der Waals surface area contributed by atoms with Crippen molar-refractivity contribution >= 4 is 28.6 Å². The Kier molecular flexibility index (Phi) is 10.0. The molecule has 7 heteroatoms. The molecule has 1 aliphatic carbocycles. The molecule has 0 bridgehead atoms. The molecule has 4 aromatic heterocycles. The van der Waals surface area contributed by atoms with E-state index in [0.717, 1.165) is 39.7 Å². The highest BCUT2D eigenvalue weighted by molar-refractivity contribution is 5.94. The predicted molar refractivity (Wildman–Crippen MR) is 150 cm³/mol. The fourth-order valence-corrected chi connectivity index (χ4v) is 4.21. The molecular weight excluding hydrogens is 451 g/mol. The summed E-state index contributed by atoms with van der Waals surface area (Å²) in [6.07, 6.45) is 18.4. The van der Waals surface area contributed by atoms with E-state index in [-0.39, 0.29) is 6.54 Å². The summed E-state index contributed by atoms with van der Waals surface area (Å²) in [6, 6.07) is 4.08. The van der Waals surface area contributed by atoms with Gasteiger partial charge < -0.3 is 10.3 Å². The molecule has 1 fully saturated rings. The minimum atomic E-state index is -1.11. The number of anilines is 1. The summed E-state index contributed by atoms with van der Waals surface area (Å²) in [7, 11) is 0. The van der Waals surface area contributed by atoms with E-state index in [9.17, 15) is 4.39 Å². The molecule has 0 amide bonds. The number of H-pyrrole nitrogens is 1. The maximum atomic E-state index is 14.2. The Labute approximate surface area is 214 Å². The number of rotatable bonds is 9. The zero-order chi connectivity index (χ0) is 26.0. The molecule has 0 spiro atoms. The number of hydrogen-bond donors (Lipinski definition) is 2. The predicted octanol–water partition coefficient (Wildman–Crippen LogP) is 8.22. The van der Waals surface area contributed by atoms with E-state index in [1.54, 1.807) is 18.5 Å². The zero-order valence-corrected chi connectivity index (χ0v) is 22.3. The van der Waals surface area contributed by atoms with Gasteiger partial charge in [0.15, 0.2) is 0 Å². The minimum Gasteiger partial charge on any atom is -0.351 e. The molecule has 1 aliphatic rings. The van der Waals surface area contributed by atoms with Crippen molar-refractivity contribution < 1.29 is 4.39 Å². The van der Waals surface area contributed by atoms with E-state index in [4.69, 9.17) is 0 Å². The third-order valence-electron chi connectivity index (χ3n) is 6.53. The van der Waals surface area contributed by atoms with E-state index in [1.807, 2.05) is 36.8 Å². The largest absolute Gasteiger partial charge is 0.351 e. The Hall–Kier alpha value is -3.22. The van der Waals surface area contributed by atoms with Crippen molar-refractivity contribution in [3.05, 3.63) is 49.1 Å². The summed E-state index contributed by atoms with van der Waals surface area (Å²) in [6.45, 7) is 12.6. The van der Waals surface area contributed by atoms with Crippen molar-refractivity contribution in [3.63, 3.8) is 0 Å². The first kappa shape index (κ1) is 27.4. The molecular formula is C29H41FN6. The molecule has 36 heavy (non-hydrogen) atoms. The summed E-state index contributed by atoms with van der Waals surface area (Å²) in [5, 5.41) is 8.26. The van der Waals surface area contributed by atoms with Crippen molar-refractivity contribution in [1.82, 2.24) is 24.6 Å². The van der Waals surface area contributed by atoms with E-state index in [0.29, 0.717) is 18.8 Å². The van der Waals surface area contributed by atoms with Crippen LogP contribution in [-0.4, -0.2) is 36.8 Å². The van der Waals surface area contributed by atoms with Gasteiger partial charge >= 0.3 is 0 Å². The first-order valence-electron chi connectivity index (χ1n) is 13.4. The smallest absolute Gasteiger partial charge is 0.224 e. The molecule has 4 heterocycles. The van der Waals surface area contributed by atoms with Crippen molar-refractivity contribution in [2.45, 2.75) is 84.7 Å². The van der Waals surface area contributed by atoms with Crippen LogP contribution >= 0.6 is 0 Å². The lowest BCUT2D eigenvalue weighted by atomic mass is 9.82. The maximum Gasteiger partial charge on any atom is 0.224 e. The summed E-state index contributed by atoms with van der Waals surface area (Å²) in [5.74, 6) is 0.444. The SMILES string of the molecule is C=Cc1cnn2ccc(-c3c[nH]c4nc(NCC5(F)CCC5)ncc34)cc12.CC.CCCCCCC. The standard InChI is InChI=1S/C20H19FN6.C7H16.C2H6/c1-2-13-9-25-27-7-4-14(8-17(13)27)15-10-22-18-16(15)11-23-19(26-18)24-12-20(21)5-3-6-20;1-3-5-7-6-4-2;1-2/h2,4,7-11H,1,3,5-6,12H2,(H2,22,23,24,26);3-7H2,1-2H3;1-2H3. The molecule has 0 aromatic carbocycles. The topological polar surface area (TPSA) is 70.9 Å². The van der Waals surface area contributed by atoms with Crippen LogP contribution in [0.3, 0.4) is 0 Å². The molecule has 5 rings (SSSR count). The molecule has 0 saturated heterocycles. The van der Waals surface area contributed by atoms with Crippen molar-refractivity contribution in [1.29, 1.82) is 0 Å². The molecule has 0 radical (unpaired) electrons. The highest BCUT2D eigenvalue weighted by Gasteiger charge is 2.36. The molecule has 0 aliphatic heterocycles. The quantitative estimate of drug-likeness (QED) is 0.231. The third-order valence-corrected chi connectivity index (χ3v) is 6.53. The Balaban J connectivity index is 0.000000350. The monoisotopic (exact) mass is 492 g/mol. The van der Waals surface area contributed by atoms with E-state index >= 15 is 0 Å². The Bertz CT molecular complexity index is 1230. The lowest BCUT2D eigenvalue weighted by Gasteiger charge is -2.33. The number of halogens is 1. The number of alkyl halides is 1. The van der Waals surface area contributed by atoms with Crippen LogP contribution in [0.4, 0.5) is 10.3 Å². The van der Waals surface area contributed by atoms with Gasteiger partial charge in [-0.05, 0) is 37.0 Å². The summed E-state index contributed by atoms with van der Waals surface area (Å²) in [5.41, 5.74) is 3.64. The molecule has 2 N–H and O–H groups in total. The number of fused-ring (bicyclic) bond motifs is 2. The molecule has 194 valence electrons. The number of pyridine rings is 1. The van der Waals surface area contributed by atoms with Crippen LogP contribution in [0.15, 0.2) is 43.5 Å². The number of hydrogen-bond acceptors (Lipinski definition) is 4. The molecule has 1 saturated carbocycles. The normalized spacial score (nSPS) is 13.8. The van der Waals surface area contributed by atoms with Gasteiger partial charge in [0.25, 0.3) is 0 Å². The van der Waals surface area contributed by atoms with E-state index in [2.05, 4.69) is 51.9 Å². The lowest BCUT2D eigenvalue weighted by Crippen LogP contribution is -2.39. The van der Waals surface area contributed by atoms with Gasteiger partial charge in [0.1, 0.15) is 11.3 Å². The van der Waals surface area contributed by atoms with Gasteiger partial charge in [0.2, 0.25) is 5.95 Å². The number of aromatic amines is 1. The number of nitrogens with zero attached hydrogens (tertiary/aromatic N) is 4. The second-order valence-corrected chi connectivity index (χ2v) is 9.13. The average molecular weight is 493 g/mol. The van der Waals surface area contributed by atoms with Gasteiger partial charge in [-0.1, -0.05) is 72.5 Å². The lowest BCUT2D eigenvalue weighted by molar-refractivity contribution is 0.0782. The van der Waals surface area contributed by atoms with Crippen LogP contribution in [0.2, 0.25) is 0 Å².